The van der Waals surface area contributed by atoms with Crippen molar-refractivity contribution >= 4 is 34.2 Å². The SMILES string of the molecule is Cc1nn(Cc2ccccc2F)c(C)c1NC(=O)c1ccc(COc2ccc(I)cc2)o1. The van der Waals surface area contributed by atoms with Crippen molar-refractivity contribution in [2.24, 2.45) is 0 Å². The van der Waals surface area contributed by atoms with Gasteiger partial charge in [-0.1, -0.05) is 18.2 Å². The molecule has 164 valence electrons. The summed E-state index contributed by atoms with van der Waals surface area (Å²) in [4.78, 5) is 12.7. The van der Waals surface area contributed by atoms with Gasteiger partial charge in [-0.05, 0) is 78.9 Å². The Kier molecular flexibility index (Phi) is 6.59. The molecule has 2 aromatic carbocycles. The van der Waals surface area contributed by atoms with Crippen LogP contribution in [0.1, 0.15) is 33.3 Å². The lowest BCUT2D eigenvalue weighted by Gasteiger charge is -2.07. The number of hydrogen-bond donors (Lipinski definition) is 1. The molecule has 2 aromatic heterocycles. The van der Waals surface area contributed by atoms with Crippen LogP contribution in [-0.4, -0.2) is 15.7 Å². The maximum Gasteiger partial charge on any atom is 0.291 e. The Balaban J connectivity index is 1.42. The molecule has 6 nitrogen and oxygen atoms in total. The maximum absolute atomic E-state index is 14.0. The fourth-order valence-electron chi connectivity index (χ4n) is 3.26. The Bertz CT molecular complexity index is 1250. The number of anilines is 1. The quantitative estimate of drug-likeness (QED) is 0.302. The highest BCUT2D eigenvalue weighted by molar-refractivity contribution is 14.1. The van der Waals surface area contributed by atoms with E-state index in [0.29, 0.717) is 22.7 Å². The first-order chi connectivity index (χ1) is 15.4. The summed E-state index contributed by atoms with van der Waals surface area (Å²) in [5.74, 6) is 0.758. The van der Waals surface area contributed by atoms with Crippen molar-refractivity contribution in [2.45, 2.75) is 27.0 Å². The minimum atomic E-state index is -0.387. The third-order valence-corrected chi connectivity index (χ3v) is 5.70. The molecular weight excluding hydrogens is 524 g/mol. The molecule has 4 aromatic rings. The predicted molar refractivity (Wildman–Crippen MR) is 127 cm³/mol. The van der Waals surface area contributed by atoms with Gasteiger partial charge < -0.3 is 14.5 Å². The zero-order valence-electron chi connectivity index (χ0n) is 17.6. The third kappa shape index (κ3) is 5.01. The van der Waals surface area contributed by atoms with Crippen LogP contribution in [0.5, 0.6) is 5.75 Å². The molecule has 0 saturated heterocycles. The van der Waals surface area contributed by atoms with Crippen LogP contribution in [0, 0.1) is 23.2 Å². The van der Waals surface area contributed by atoms with Gasteiger partial charge in [-0.3, -0.25) is 9.48 Å². The third-order valence-electron chi connectivity index (χ3n) is 4.98. The summed E-state index contributed by atoms with van der Waals surface area (Å²) in [7, 11) is 0. The van der Waals surface area contributed by atoms with Crippen LogP contribution in [0.3, 0.4) is 0 Å². The summed E-state index contributed by atoms with van der Waals surface area (Å²) in [6.07, 6.45) is 0. The second-order valence-electron chi connectivity index (χ2n) is 7.26. The largest absolute Gasteiger partial charge is 0.486 e. The highest BCUT2D eigenvalue weighted by Crippen LogP contribution is 2.23. The van der Waals surface area contributed by atoms with E-state index < -0.39 is 0 Å². The Labute approximate surface area is 198 Å². The van der Waals surface area contributed by atoms with E-state index in [1.807, 2.05) is 31.2 Å². The first-order valence-electron chi connectivity index (χ1n) is 9.96. The van der Waals surface area contributed by atoms with Gasteiger partial charge in [0.2, 0.25) is 0 Å². The standard InChI is InChI=1S/C24H21FIN3O3/c1-15-23(16(2)29(28-15)13-17-5-3-4-6-21(17)25)27-24(30)22-12-11-20(32-22)14-31-19-9-7-18(26)8-10-19/h3-12H,13-14H2,1-2H3,(H,27,30). The molecule has 0 bridgehead atoms. The number of ether oxygens (including phenoxy) is 1. The number of rotatable bonds is 7. The molecule has 0 unspecified atom stereocenters. The van der Waals surface area contributed by atoms with Gasteiger partial charge in [0.05, 0.1) is 23.6 Å². The smallest absolute Gasteiger partial charge is 0.291 e. The first kappa shape index (κ1) is 22.1. The second-order valence-corrected chi connectivity index (χ2v) is 8.50. The minimum Gasteiger partial charge on any atom is -0.486 e. The van der Waals surface area contributed by atoms with E-state index >= 15 is 0 Å². The van der Waals surface area contributed by atoms with E-state index in [9.17, 15) is 9.18 Å². The molecular formula is C24H21FIN3O3. The van der Waals surface area contributed by atoms with Crippen molar-refractivity contribution in [3.05, 3.63) is 98.5 Å². The summed E-state index contributed by atoms with van der Waals surface area (Å²) < 4.78 is 28.1. The lowest BCUT2D eigenvalue weighted by molar-refractivity contribution is 0.0992. The van der Waals surface area contributed by atoms with E-state index in [1.54, 1.807) is 41.9 Å². The van der Waals surface area contributed by atoms with Crippen molar-refractivity contribution in [1.82, 2.24) is 9.78 Å². The predicted octanol–water partition coefficient (Wildman–Crippen LogP) is 5.72. The fourth-order valence-corrected chi connectivity index (χ4v) is 3.62. The molecule has 4 rings (SSSR count). The van der Waals surface area contributed by atoms with Crippen LogP contribution in [0.25, 0.3) is 0 Å². The molecule has 8 heteroatoms. The van der Waals surface area contributed by atoms with Gasteiger partial charge in [-0.2, -0.15) is 5.10 Å². The molecule has 0 aliphatic carbocycles. The summed E-state index contributed by atoms with van der Waals surface area (Å²) >= 11 is 2.23. The Hall–Kier alpha value is -3.14. The van der Waals surface area contributed by atoms with E-state index in [2.05, 4.69) is 33.0 Å². The van der Waals surface area contributed by atoms with Gasteiger partial charge in [0.15, 0.2) is 5.76 Å². The van der Waals surface area contributed by atoms with Crippen molar-refractivity contribution in [2.75, 3.05) is 5.32 Å². The first-order valence-corrected chi connectivity index (χ1v) is 11.0. The number of carbonyl (C=O) groups excluding carboxylic acids is 1. The second kappa shape index (κ2) is 9.56. The molecule has 0 aliphatic rings. The lowest BCUT2D eigenvalue weighted by Crippen LogP contribution is -2.12. The number of amides is 1. The number of hydrogen-bond acceptors (Lipinski definition) is 4. The summed E-state index contributed by atoms with van der Waals surface area (Å²) in [5.41, 5.74) is 2.48. The zero-order valence-corrected chi connectivity index (χ0v) is 19.7. The summed E-state index contributed by atoms with van der Waals surface area (Å²) in [5, 5.41) is 7.31. The van der Waals surface area contributed by atoms with Crippen LogP contribution in [0.2, 0.25) is 0 Å². The zero-order chi connectivity index (χ0) is 22.7. The number of aromatic nitrogens is 2. The topological polar surface area (TPSA) is 69.3 Å². The van der Waals surface area contributed by atoms with Gasteiger partial charge in [0.1, 0.15) is 23.9 Å². The van der Waals surface area contributed by atoms with Gasteiger partial charge in [0.25, 0.3) is 5.91 Å². The summed E-state index contributed by atoms with van der Waals surface area (Å²) in [6.45, 7) is 4.12. The number of carbonyl (C=O) groups is 1. The number of nitrogens with zero attached hydrogens (tertiary/aromatic N) is 2. The highest BCUT2D eigenvalue weighted by Gasteiger charge is 2.18. The molecule has 0 saturated carbocycles. The van der Waals surface area contributed by atoms with Crippen LogP contribution in [0.4, 0.5) is 10.1 Å². The molecule has 0 atom stereocenters. The Morgan fingerprint density at radius 2 is 1.88 bits per heavy atom. The van der Waals surface area contributed by atoms with E-state index in [-0.39, 0.29) is 30.6 Å². The molecule has 0 spiro atoms. The molecule has 32 heavy (non-hydrogen) atoms. The number of furan rings is 1. The maximum atomic E-state index is 14.0. The van der Waals surface area contributed by atoms with Crippen molar-refractivity contribution in [3.63, 3.8) is 0 Å². The minimum absolute atomic E-state index is 0.173. The fraction of sp³-hybridized carbons (Fsp3) is 0.167. The molecule has 0 aliphatic heterocycles. The van der Waals surface area contributed by atoms with E-state index in [1.165, 1.54) is 6.07 Å². The highest BCUT2D eigenvalue weighted by atomic mass is 127. The average Bonchev–Trinajstić information content (AvgIpc) is 3.35. The number of aryl methyl sites for hydroxylation is 1. The Morgan fingerprint density at radius 1 is 1.12 bits per heavy atom. The van der Waals surface area contributed by atoms with Crippen LogP contribution >= 0.6 is 22.6 Å². The number of benzene rings is 2. The van der Waals surface area contributed by atoms with E-state index in [0.717, 1.165) is 15.0 Å². The van der Waals surface area contributed by atoms with Crippen molar-refractivity contribution in [3.8, 4) is 5.75 Å². The van der Waals surface area contributed by atoms with Gasteiger partial charge in [0, 0.05) is 9.13 Å². The van der Waals surface area contributed by atoms with Gasteiger partial charge in [-0.15, -0.1) is 0 Å². The van der Waals surface area contributed by atoms with Crippen molar-refractivity contribution < 1.29 is 18.3 Å². The average molecular weight is 545 g/mol. The molecule has 2 heterocycles. The van der Waals surface area contributed by atoms with Crippen LogP contribution in [0.15, 0.2) is 65.1 Å². The molecule has 0 fully saturated rings. The Morgan fingerprint density at radius 3 is 2.62 bits per heavy atom. The molecule has 0 radical (unpaired) electrons. The van der Waals surface area contributed by atoms with Gasteiger partial charge >= 0.3 is 0 Å². The van der Waals surface area contributed by atoms with Crippen molar-refractivity contribution in [1.29, 1.82) is 0 Å². The lowest BCUT2D eigenvalue weighted by atomic mass is 10.2. The normalized spacial score (nSPS) is 10.9. The van der Waals surface area contributed by atoms with Crippen LogP contribution < -0.4 is 10.1 Å². The van der Waals surface area contributed by atoms with Crippen LogP contribution in [-0.2, 0) is 13.2 Å². The summed E-state index contributed by atoms with van der Waals surface area (Å²) in [6, 6.07) is 17.5. The number of halogens is 2. The van der Waals surface area contributed by atoms with Gasteiger partial charge in [-0.25, -0.2) is 4.39 Å². The number of nitrogens with one attached hydrogen (secondary N) is 1. The monoisotopic (exact) mass is 545 g/mol. The van der Waals surface area contributed by atoms with E-state index in [4.69, 9.17) is 9.15 Å². The molecule has 1 amide bonds. The molecule has 1 N–H and O–H groups in total.